The molecule has 0 radical (unpaired) electrons. The smallest absolute Gasteiger partial charge is 0.252 e. The number of hydrogen-bond donors (Lipinski definition) is 1. The Hall–Kier alpha value is -1.06. The molecule has 2 atom stereocenters. The van der Waals surface area contributed by atoms with Crippen molar-refractivity contribution in [3.63, 3.8) is 0 Å². The topological polar surface area (TPSA) is 38.3 Å². The first-order valence-electron chi connectivity index (χ1n) is 6.37. The monoisotopic (exact) mass is 267 g/mol. The molecule has 2 rings (SSSR count). The van der Waals surface area contributed by atoms with Gasteiger partial charge in [-0.05, 0) is 62.2 Å². The summed E-state index contributed by atoms with van der Waals surface area (Å²) in [7, 11) is 0. The molecule has 1 aliphatic rings. The second-order valence-corrected chi connectivity index (χ2v) is 5.02. The number of ether oxygens (including phenoxy) is 1. The molecule has 98 valence electrons. The molecule has 1 aliphatic heterocycles. The first kappa shape index (κ1) is 13.4. The molecule has 1 heterocycles. The number of carbonyl (C=O) groups excluding carboxylic acids is 1. The van der Waals surface area contributed by atoms with E-state index >= 15 is 0 Å². The fraction of sp³-hybridized carbons (Fsp3) is 0.500. The third-order valence-electron chi connectivity index (χ3n) is 3.32. The van der Waals surface area contributed by atoms with Crippen molar-refractivity contribution in [3.05, 3.63) is 29.8 Å². The van der Waals surface area contributed by atoms with Gasteiger partial charge < -0.3 is 10.1 Å². The SMILES string of the molecule is CC(Oc1ccc(C(=O)Cl)cc1)C1CCCCN1. The average Bonchev–Trinajstić information content (AvgIpc) is 2.40. The quantitative estimate of drug-likeness (QED) is 0.853. The molecule has 3 nitrogen and oxygen atoms in total. The first-order valence-corrected chi connectivity index (χ1v) is 6.74. The Kier molecular flexibility index (Phi) is 4.61. The van der Waals surface area contributed by atoms with Gasteiger partial charge in [-0.2, -0.15) is 0 Å². The average molecular weight is 268 g/mol. The van der Waals surface area contributed by atoms with Gasteiger partial charge in [-0.1, -0.05) is 6.42 Å². The first-order chi connectivity index (χ1) is 8.66. The third kappa shape index (κ3) is 3.47. The molecule has 0 aromatic heterocycles. The van der Waals surface area contributed by atoms with Crippen LogP contribution >= 0.6 is 11.6 Å². The maximum atomic E-state index is 10.9. The lowest BCUT2D eigenvalue weighted by atomic mass is 10.0. The van der Waals surface area contributed by atoms with E-state index in [9.17, 15) is 4.79 Å². The number of benzene rings is 1. The van der Waals surface area contributed by atoms with Crippen LogP contribution in [0.25, 0.3) is 0 Å². The van der Waals surface area contributed by atoms with Crippen molar-refractivity contribution in [2.45, 2.75) is 38.3 Å². The van der Waals surface area contributed by atoms with Crippen LogP contribution in [0.1, 0.15) is 36.5 Å². The van der Waals surface area contributed by atoms with E-state index in [1.165, 1.54) is 12.8 Å². The Morgan fingerprint density at radius 1 is 1.39 bits per heavy atom. The molecule has 1 fully saturated rings. The van der Waals surface area contributed by atoms with E-state index in [-0.39, 0.29) is 6.10 Å². The summed E-state index contributed by atoms with van der Waals surface area (Å²) in [5.74, 6) is 0.775. The molecule has 18 heavy (non-hydrogen) atoms. The molecule has 0 saturated carbocycles. The lowest BCUT2D eigenvalue weighted by Crippen LogP contribution is -2.44. The van der Waals surface area contributed by atoms with Gasteiger partial charge >= 0.3 is 0 Å². The predicted octanol–water partition coefficient (Wildman–Crippen LogP) is 2.98. The Morgan fingerprint density at radius 2 is 2.11 bits per heavy atom. The Labute approximate surface area is 112 Å². The van der Waals surface area contributed by atoms with E-state index in [1.54, 1.807) is 24.3 Å². The van der Waals surface area contributed by atoms with Crippen LogP contribution in [0.3, 0.4) is 0 Å². The van der Waals surface area contributed by atoms with Gasteiger partial charge in [0.2, 0.25) is 0 Å². The summed E-state index contributed by atoms with van der Waals surface area (Å²) < 4.78 is 5.87. The Balaban J connectivity index is 1.93. The van der Waals surface area contributed by atoms with Crippen LogP contribution in [-0.4, -0.2) is 23.9 Å². The van der Waals surface area contributed by atoms with Gasteiger partial charge in [-0.15, -0.1) is 0 Å². The fourth-order valence-electron chi connectivity index (χ4n) is 2.24. The number of nitrogens with one attached hydrogen (secondary N) is 1. The zero-order valence-corrected chi connectivity index (χ0v) is 11.2. The normalized spacial score (nSPS) is 21.3. The molecule has 1 N–H and O–H groups in total. The molecule has 1 saturated heterocycles. The van der Waals surface area contributed by atoms with Crippen LogP contribution in [0.2, 0.25) is 0 Å². The van der Waals surface area contributed by atoms with Gasteiger partial charge in [0.1, 0.15) is 11.9 Å². The fourth-order valence-corrected chi connectivity index (χ4v) is 2.37. The minimum absolute atomic E-state index is 0.128. The highest BCUT2D eigenvalue weighted by Gasteiger charge is 2.20. The van der Waals surface area contributed by atoms with Gasteiger partial charge in [-0.3, -0.25) is 4.79 Å². The standard InChI is InChI=1S/C14H18ClNO2/c1-10(13-4-2-3-9-16-13)18-12-7-5-11(6-8-12)14(15)17/h5-8,10,13,16H,2-4,9H2,1H3. The van der Waals surface area contributed by atoms with Crippen LogP contribution in [0.15, 0.2) is 24.3 Å². The number of halogens is 1. The van der Waals surface area contributed by atoms with Crippen molar-refractivity contribution in [3.8, 4) is 5.75 Å². The van der Waals surface area contributed by atoms with Crippen LogP contribution in [0, 0.1) is 0 Å². The molecular weight excluding hydrogens is 250 g/mol. The number of piperidine rings is 1. The van der Waals surface area contributed by atoms with E-state index in [0.717, 1.165) is 18.7 Å². The van der Waals surface area contributed by atoms with Gasteiger partial charge in [0.05, 0.1) is 0 Å². The molecule has 2 unspecified atom stereocenters. The minimum Gasteiger partial charge on any atom is -0.489 e. The van der Waals surface area contributed by atoms with E-state index in [1.807, 2.05) is 0 Å². The van der Waals surface area contributed by atoms with Gasteiger partial charge in [0.15, 0.2) is 0 Å². The summed E-state index contributed by atoms with van der Waals surface area (Å²) in [5.41, 5.74) is 0.493. The Bertz CT molecular complexity index is 399. The highest BCUT2D eigenvalue weighted by molar-refractivity contribution is 6.67. The van der Waals surface area contributed by atoms with Crippen molar-refractivity contribution >= 4 is 16.8 Å². The van der Waals surface area contributed by atoms with Crippen LogP contribution in [0.4, 0.5) is 0 Å². The summed E-state index contributed by atoms with van der Waals surface area (Å²) in [6.07, 6.45) is 3.78. The van der Waals surface area contributed by atoms with Crippen molar-refractivity contribution in [1.29, 1.82) is 0 Å². The summed E-state index contributed by atoms with van der Waals surface area (Å²) >= 11 is 5.39. The maximum absolute atomic E-state index is 10.9. The number of carbonyl (C=O) groups is 1. The van der Waals surface area contributed by atoms with Gasteiger partial charge in [-0.25, -0.2) is 0 Å². The predicted molar refractivity (Wildman–Crippen MR) is 72.4 cm³/mol. The van der Waals surface area contributed by atoms with E-state index in [4.69, 9.17) is 16.3 Å². The van der Waals surface area contributed by atoms with Crippen molar-refractivity contribution in [2.75, 3.05) is 6.54 Å². The molecule has 0 aliphatic carbocycles. The summed E-state index contributed by atoms with van der Waals surface area (Å²) in [6.45, 7) is 3.14. The lowest BCUT2D eigenvalue weighted by molar-refractivity contribution is 0.108. The molecule has 4 heteroatoms. The number of hydrogen-bond acceptors (Lipinski definition) is 3. The van der Waals surface area contributed by atoms with Gasteiger partial charge in [0, 0.05) is 11.6 Å². The molecule has 1 aromatic carbocycles. The lowest BCUT2D eigenvalue weighted by Gasteiger charge is -2.29. The van der Waals surface area contributed by atoms with E-state index < -0.39 is 5.24 Å². The molecular formula is C14H18ClNO2. The van der Waals surface area contributed by atoms with Crippen LogP contribution in [0.5, 0.6) is 5.75 Å². The van der Waals surface area contributed by atoms with Crippen molar-refractivity contribution in [1.82, 2.24) is 5.32 Å². The van der Waals surface area contributed by atoms with Crippen LogP contribution in [-0.2, 0) is 0 Å². The molecule has 0 bridgehead atoms. The summed E-state index contributed by atoms with van der Waals surface area (Å²) in [6, 6.07) is 7.36. The zero-order valence-electron chi connectivity index (χ0n) is 10.5. The highest BCUT2D eigenvalue weighted by Crippen LogP contribution is 2.18. The van der Waals surface area contributed by atoms with Gasteiger partial charge in [0.25, 0.3) is 5.24 Å². The summed E-state index contributed by atoms with van der Waals surface area (Å²) in [5, 5.41) is 3.03. The highest BCUT2D eigenvalue weighted by atomic mass is 35.5. The number of rotatable bonds is 4. The third-order valence-corrected chi connectivity index (χ3v) is 3.54. The largest absolute Gasteiger partial charge is 0.489 e. The minimum atomic E-state index is -0.441. The summed E-state index contributed by atoms with van der Waals surface area (Å²) in [4.78, 5) is 10.9. The van der Waals surface area contributed by atoms with Crippen LogP contribution < -0.4 is 10.1 Å². The van der Waals surface area contributed by atoms with E-state index in [0.29, 0.717) is 11.6 Å². The van der Waals surface area contributed by atoms with Crippen molar-refractivity contribution in [2.24, 2.45) is 0 Å². The Morgan fingerprint density at radius 3 is 2.67 bits per heavy atom. The van der Waals surface area contributed by atoms with E-state index in [2.05, 4.69) is 12.2 Å². The van der Waals surface area contributed by atoms with Crippen molar-refractivity contribution < 1.29 is 9.53 Å². The molecule has 0 spiro atoms. The maximum Gasteiger partial charge on any atom is 0.252 e. The molecule has 0 amide bonds. The second kappa shape index (κ2) is 6.21. The molecule has 1 aromatic rings. The second-order valence-electron chi connectivity index (χ2n) is 4.68. The zero-order chi connectivity index (χ0) is 13.0.